The number of hydrogen-bond donors (Lipinski definition) is 2. The molecule has 3 heterocycles. The Labute approximate surface area is 164 Å². The fourth-order valence-electron chi connectivity index (χ4n) is 4.30. The molecule has 0 saturated carbocycles. The Morgan fingerprint density at radius 1 is 1.07 bits per heavy atom. The Kier molecular flexibility index (Phi) is 5.44. The van der Waals surface area contributed by atoms with Crippen LogP contribution in [0.1, 0.15) is 42.6 Å². The topological polar surface area (TPSA) is 81.8 Å². The molecule has 3 amide bonds. The first kappa shape index (κ1) is 19.6. The molecule has 3 aliphatic heterocycles. The molecule has 146 valence electrons. The highest BCUT2D eigenvalue weighted by molar-refractivity contribution is 6.05. The second-order valence-corrected chi connectivity index (χ2v) is 7.62. The fourth-order valence-corrected chi connectivity index (χ4v) is 4.30. The van der Waals surface area contributed by atoms with Crippen molar-refractivity contribution in [2.24, 2.45) is 0 Å². The zero-order valence-corrected chi connectivity index (χ0v) is 16.3. The number of nitrogens with zero attached hydrogens (tertiary/aromatic N) is 2. The van der Waals surface area contributed by atoms with Crippen LogP contribution in [0.25, 0.3) is 0 Å². The van der Waals surface area contributed by atoms with Crippen molar-refractivity contribution >= 4 is 35.8 Å². The van der Waals surface area contributed by atoms with Crippen molar-refractivity contribution < 1.29 is 14.4 Å². The molecule has 8 heteroatoms. The second-order valence-electron chi connectivity index (χ2n) is 7.62. The average molecular weight is 393 g/mol. The molecule has 2 N–H and O–H groups in total. The Balaban J connectivity index is 0.00000210. The molecule has 1 aromatic carbocycles. The van der Waals surface area contributed by atoms with E-state index < -0.39 is 6.04 Å². The van der Waals surface area contributed by atoms with Crippen molar-refractivity contribution in [3.05, 3.63) is 29.3 Å². The number of anilines is 1. The molecule has 4 rings (SSSR count). The van der Waals surface area contributed by atoms with Crippen molar-refractivity contribution in [1.29, 1.82) is 0 Å². The fraction of sp³-hybridized carbons (Fsp3) is 0.526. The van der Waals surface area contributed by atoms with E-state index in [4.69, 9.17) is 0 Å². The summed E-state index contributed by atoms with van der Waals surface area (Å²) in [5.74, 6) is -0.755. The third-order valence-electron chi connectivity index (χ3n) is 5.43. The standard InChI is InChI=1S/C19H24N4O3.ClH/c1-11-8-22(9-12(2)20-11)14-3-4-15-13(7-14)10-23(19(15)26)16-5-6-17(24)21-18(16)25;/h3-4,7,11-12,16,20H,5-6,8-10H2,1-2H3,(H,21,24,25);1H. The summed E-state index contributed by atoms with van der Waals surface area (Å²) < 4.78 is 0. The third-order valence-corrected chi connectivity index (χ3v) is 5.43. The van der Waals surface area contributed by atoms with E-state index in [9.17, 15) is 14.4 Å². The molecule has 3 unspecified atom stereocenters. The van der Waals surface area contributed by atoms with E-state index >= 15 is 0 Å². The highest BCUT2D eigenvalue weighted by Gasteiger charge is 2.39. The van der Waals surface area contributed by atoms with Crippen LogP contribution in [0.3, 0.4) is 0 Å². The largest absolute Gasteiger partial charge is 0.368 e. The van der Waals surface area contributed by atoms with Crippen molar-refractivity contribution in [3.8, 4) is 0 Å². The van der Waals surface area contributed by atoms with Gasteiger partial charge in [0, 0.05) is 49.4 Å². The predicted octanol–water partition coefficient (Wildman–Crippen LogP) is 1.06. The van der Waals surface area contributed by atoms with Crippen molar-refractivity contribution in [3.63, 3.8) is 0 Å². The molecule has 0 aliphatic carbocycles. The highest BCUT2D eigenvalue weighted by Crippen LogP contribution is 2.31. The summed E-state index contributed by atoms with van der Waals surface area (Å²) in [4.78, 5) is 40.2. The normalized spacial score (nSPS) is 27.9. The maximum Gasteiger partial charge on any atom is 0.255 e. The van der Waals surface area contributed by atoms with Gasteiger partial charge in [0.15, 0.2) is 0 Å². The van der Waals surface area contributed by atoms with Crippen molar-refractivity contribution in [2.45, 2.75) is 51.4 Å². The van der Waals surface area contributed by atoms with Gasteiger partial charge in [-0.1, -0.05) is 0 Å². The van der Waals surface area contributed by atoms with Gasteiger partial charge >= 0.3 is 0 Å². The number of benzene rings is 1. The first-order valence-electron chi connectivity index (χ1n) is 9.21. The first-order chi connectivity index (χ1) is 12.4. The Bertz CT molecular complexity index is 774. The number of fused-ring (bicyclic) bond motifs is 1. The quantitative estimate of drug-likeness (QED) is 0.735. The Hall–Kier alpha value is -2.12. The summed E-state index contributed by atoms with van der Waals surface area (Å²) in [7, 11) is 0. The molecule has 0 radical (unpaired) electrons. The van der Waals surface area contributed by atoms with Crippen LogP contribution in [0.5, 0.6) is 0 Å². The molecule has 2 fully saturated rings. The SMILES string of the molecule is CC1CN(c2ccc3c(c2)CN(C2CCC(=O)NC2=O)C3=O)CC(C)N1.Cl. The van der Waals surface area contributed by atoms with E-state index in [1.165, 1.54) is 0 Å². The van der Waals surface area contributed by atoms with Crippen LogP contribution in [0.15, 0.2) is 18.2 Å². The first-order valence-corrected chi connectivity index (χ1v) is 9.21. The van der Waals surface area contributed by atoms with Gasteiger partial charge in [0.05, 0.1) is 0 Å². The minimum Gasteiger partial charge on any atom is -0.368 e. The summed E-state index contributed by atoms with van der Waals surface area (Å²) >= 11 is 0. The van der Waals surface area contributed by atoms with E-state index in [-0.39, 0.29) is 36.5 Å². The van der Waals surface area contributed by atoms with Crippen LogP contribution in [-0.4, -0.2) is 53.8 Å². The zero-order valence-electron chi connectivity index (χ0n) is 15.5. The number of nitrogens with one attached hydrogen (secondary N) is 2. The Morgan fingerprint density at radius 2 is 1.78 bits per heavy atom. The van der Waals surface area contributed by atoms with Crippen LogP contribution >= 0.6 is 12.4 Å². The van der Waals surface area contributed by atoms with Gasteiger partial charge in [-0.3, -0.25) is 19.7 Å². The van der Waals surface area contributed by atoms with Crippen molar-refractivity contribution in [2.75, 3.05) is 18.0 Å². The van der Waals surface area contributed by atoms with Gasteiger partial charge < -0.3 is 15.1 Å². The summed E-state index contributed by atoms with van der Waals surface area (Å²) in [5, 5.41) is 5.86. The maximum absolute atomic E-state index is 12.8. The van der Waals surface area contributed by atoms with Crippen LogP contribution < -0.4 is 15.5 Å². The number of halogens is 1. The number of amides is 3. The number of piperazine rings is 1. The van der Waals surface area contributed by atoms with E-state index in [1.807, 2.05) is 12.1 Å². The molecule has 0 bridgehead atoms. The van der Waals surface area contributed by atoms with Gasteiger partial charge in [-0.15, -0.1) is 12.4 Å². The molecular weight excluding hydrogens is 368 g/mol. The van der Waals surface area contributed by atoms with Crippen LogP contribution in [0.2, 0.25) is 0 Å². The lowest BCUT2D eigenvalue weighted by molar-refractivity contribution is -0.136. The molecule has 3 aliphatic rings. The van der Waals surface area contributed by atoms with E-state index in [2.05, 4.69) is 35.4 Å². The lowest BCUT2D eigenvalue weighted by Crippen LogP contribution is -2.54. The number of rotatable bonds is 2. The highest BCUT2D eigenvalue weighted by atomic mass is 35.5. The monoisotopic (exact) mass is 392 g/mol. The van der Waals surface area contributed by atoms with Crippen molar-refractivity contribution in [1.82, 2.24) is 15.5 Å². The molecule has 3 atom stereocenters. The van der Waals surface area contributed by atoms with Crippen LogP contribution in [0, 0.1) is 0 Å². The lowest BCUT2D eigenvalue weighted by atomic mass is 10.0. The molecule has 2 saturated heterocycles. The van der Waals surface area contributed by atoms with E-state index in [0.29, 0.717) is 30.6 Å². The summed E-state index contributed by atoms with van der Waals surface area (Å²) in [5.41, 5.74) is 2.73. The Morgan fingerprint density at radius 3 is 2.44 bits per heavy atom. The van der Waals surface area contributed by atoms with Gasteiger partial charge in [0.2, 0.25) is 11.8 Å². The third kappa shape index (κ3) is 3.66. The summed E-state index contributed by atoms with van der Waals surface area (Å²) in [6.07, 6.45) is 0.669. The van der Waals surface area contributed by atoms with E-state index in [0.717, 1.165) is 24.3 Å². The molecule has 27 heavy (non-hydrogen) atoms. The summed E-state index contributed by atoms with van der Waals surface area (Å²) in [6.45, 7) is 6.61. The smallest absolute Gasteiger partial charge is 0.255 e. The molecule has 0 spiro atoms. The number of piperidine rings is 1. The van der Waals surface area contributed by atoms with Gasteiger partial charge in [0.1, 0.15) is 6.04 Å². The maximum atomic E-state index is 12.8. The average Bonchev–Trinajstić information content (AvgIpc) is 2.90. The number of imide groups is 1. The number of carbonyl (C=O) groups is 3. The second kappa shape index (κ2) is 7.48. The summed E-state index contributed by atoms with van der Waals surface area (Å²) in [6, 6.07) is 6.20. The van der Waals surface area contributed by atoms with Gasteiger partial charge in [-0.05, 0) is 44.0 Å². The molecule has 7 nitrogen and oxygen atoms in total. The minimum absolute atomic E-state index is 0. The van der Waals surface area contributed by atoms with Crippen LogP contribution in [0.4, 0.5) is 5.69 Å². The lowest BCUT2D eigenvalue weighted by Gasteiger charge is -2.37. The molecular formula is C19H25ClN4O3. The predicted molar refractivity (Wildman–Crippen MR) is 104 cm³/mol. The van der Waals surface area contributed by atoms with E-state index in [1.54, 1.807) is 4.90 Å². The zero-order chi connectivity index (χ0) is 18.4. The van der Waals surface area contributed by atoms with Gasteiger partial charge in [0.25, 0.3) is 5.91 Å². The van der Waals surface area contributed by atoms with Crippen LogP contribution in [-0.2, 0) is 16.1 Å². The minimum atomic E-state index is -0.560. The number of hydrogen-bond acceptors (Lipinski definition) is 5. The molecule has 1 aromatic rings. The van der Waals surface area contributed by atoms with Gasteiger partial charge in [-0.2, -0.15) is 0 Å². The molecule has 0 aromatic heterocycles. The number of carbonyl (C=O) groups excluding carboxylic acids is 3. The van der Waals surface area contributed by atoms with Gasteiger partial charge in [-0.25, -0.2) is 0 Å².